The molecule has 8 heteroatoms. The van der Waals surface area contributed by atoms with Gasteiger partial charge in [0.05, 0.1) is 11.5 Å². The second kappa shape index (κ2) is 6.68. The minimum absolute atomic E-state index is 0.0182. The smallest absolute Gasteiger partial charge is 0.226 e. The maximum atomic E-state index is 13.7. The van der Waals surface area contributed by atoms with Crippen LogP contribution in [0.25, 0.3) is 0 Å². The van der Waals surface area contributed by atoms with Crippen LogP contribution in [-0.4, -0.2) is 30.1 Å². The van der Waals surface area contributed by atoms with Crippen LogP contribution in [0.15, 0.2) is 27.2 Å². The Bertz CT molecular complexity index is 807. The lowest BCUT2D eigenvalue weighted by atomic mass is 10.0. The summed E-state index contributed by atoms with van der Waals surface area (Å²) < 4.78 is 43.0. The van der Waals surface area contributed by atoms with Gasteiger partial charge in [0.15, 0.2) is 15.7 Å². The van der Waals surface area contributed by atoms with Crippen LogP contribution >= 0.6 is 15.9 Å². The van der Waals surface area contributed by atoms with E-state index in [-0.39, 0.29) is 29.7 Å². The topological polar surface area (TPSA) is 73.1 Å². The molecule has 1 aliphatic heterocycles. The van der Waals surface area contributed by atoms with E-state index in [0.717, 1.165) is 10.9 Å². The molecule has 1 aliphatic rings. The highest BCUT2D eigenvalue weighted by molar-refractivity contribution is 9.10. The molecule has 0 spiro atoms. The van der Waals surface area contributed by atoms with E-state index in [1.807, 2.05) is 0 Å². The molecule has 5 nitrogen and oxygen atoms in total. The third-order valence-corrected chi connectivity index (χ3v) is 6.27. The van der Waals surface area contributed by atoms with E-state index >= 15 is 0 Å². The minimum Gasteiger partial charge on any atom is -0.339 e. The highest BCUT2D eigenvalue weighted by Crippen LogP contribution is 2.22. The molecule has 1 fully saturated rings. The van der Waals surface area contributed by atoms with E-state index in [4.69, 9.17) is 4.52 Å². The van der Waals surface area contributed by atoms with Crippen molar-refractivity contribution in [1.82, 2.24) is 10.1 Å². The van der Waals surface area contributed by atoms with Crippen molar-refractivity contribution in [2.24, 2.45) is 5.92 Å². The summed E-state index contributed by atoms with van der Waals surface area (Å²) in [6.45, 7) is 0. The van der Waals surface area contributed by atoms with Crippen LogP contribution in [0.2, 0.25) is 0 Å². The fraction of sp³-hybridized carbons (Fsp3) is 0.467. The first-order valence-electron chi connectivity index (χ1n) is 7.37. The molecule has 2 heterocycles. The summed E-state index contributed by atoms with van der Waals surface area (Å²) in [6, 6.07) is 4.69. The van der Waals surface area contributed by atoms with E-state index in [2.05, 4.69) is 26.1 Å². The van der Waals surface area contributed by atoms with Crippen molar-refractivity contribution in [1.29, 1.82) is 0 Å². The van der Waals surface area contributed by atoms with Crippen LogP contribution in [0, 0.1) is 11.7 Å². The zero-order valence-corrected chi connectivity index (χ0v) is 14.7. The van der Waals surface area contributed by atoms with Crippen LogP contribution in [0.1, 0.15) is 30.1 Å². The first-order chi connectivity index (χ1) is 10.9. The second-order valence-electron chi connectivity index (χ2n) is 5.84. The highest BCUT2D eigenvalue weighted by Gasteiger charge is 2.26. The predicted molar refractivity (Wildman–Crippen MR) is 86.3 cm³/mol. The first-order valence-corrected chi connectivity index (χ1v) is 9.98. The van der Waals surface area contributed by atoms with Crippen molar-refractivity contribution in [3.05, 3.63) is 45.8 Å². The largest absolute Gasteiger partial charge is 0.339 e. The summed E-state index contributed by atoms with van der Waals surface area (Å²) in [6.07, 6.45) is 2.21. The van der Waals surface area contributed by atoms with Gasteiger partial charge in [-0.3, -0.25) is 0 Å². The summed E-state index contributed by atoms with van der Waals surface area (Å²) in [5.74, 6) is 0.946. The summed E-state index contributed by atoms with van der Waals surface area (Å²) >= 11 is 3.30. The average Bonchev–Trinajstić information content (AvgIpc) is 2.89. The van der Waals surface area contributed by atoms with Gasteiger partial charge in [-0.1, -0.05) is 21.1 Å². The van der Waals surface area contributed by atoms with Gasteiger partial charge in [-0.05, 0) is 42.5 Å². The Morgan fingerprint density at radius 2 is 2.22 bits per heavy atom. The number of hydrogen-bond acceptors (Lipinski definition) is 5. The van der Waals surface area contributed by atoms with E-state index in [1.54, 1.807) is 12.1 Å². The van der Waals surface area contributed by atoms with Gasteiger partial charge < -0.3 is 4.52 Å². The summed E-state index contributed by atoms with van der Waals surface area (Å²) in [4.78, 5) is 4.26. The molecule has 1 aromatic carbocycles. The van der Waals surface area contributed by atoms with Crippen LogP contribution in [-0.2, 0) is 22.7 Å². The second-order valence-corrected chi connectivity index (χ2v) is 8.99. The zero-order valence-electron chi connectivity index (χ0n) is 12.3. The molecule has 124 valence electrons. The summed E-state index contributed by atoms with van der Waals surface area (Å²) in [7, 11) is -2.95. The minimum atomic E-state index is -2.95. The summed E-state index contributed by atoms with van der Waals surface area (Å²) in [5, 5.41) is 3.87. The zero-order chi connectivity index (χ0) is 16.4. The van der Waals surface area contributed by atoms with Gasteiger partial charge in [-0.15, -0.1) is 0 Å². The van der Waals surface area contributed by atoms with Gasteiger partial charge in [0.2, 0.25) is 5.89 Å². The van der Waals surface area contributed by atoms with Crippen LogP contribution < -0.4 is 0 Å². The molecule has 0 bridgehead atoms. The van der Waals surface area contributed by atoms with Crippen molar-refractivity contribution in [3.8, 4) is 0 Å². The Labute approximate surface area is 142 Å². The number of rotatable bonds is 4. The highest BCUT2D eigenvalue weighted by atomic mass is 79.9. The Morgan fingerprint density at radius 3 is 3.00 bits per heavy atom. The quantitative estimate of drug-likeness (QED) is 0.785. The third kappa shape index (κ3) is 4.38. The normalized spacial score (nSPS) is 20.5. The lowest BCUT2D eigenvalue weighted by Gasteiger charge is -2.19. The monoisotopic (exact) mass is 402 g/mol. The van der Waals surface area contributed by atoms with Crippen molar-refractivity contribution in [2.45, 2.75) is 25.7 Å². The predicted octanol–water partition coefficient (Wildman–Crippen LogP) is 2.93. The molecule has 1 aromatic heterocycles. The van der Waals surface area contributed by atoms with Crippen LogP contribution in [0.3, 0.4) is 0 Å². The molecule has 23 heavy (non-hydrogen) atoms. The lowest BCUT2D eigenvalue weighted by molar-refractivity contribution is 0.346. The molecule has 1 saturated heterocycles. The SMILES string of the molecule is O=S1(=O)CCCC(Cc2nc(Cc3cc(Br)ccc3F)no2)C1. The summed E-state index contributed by atoms with van der Waals surface area (Å²) in [5.41, 5.74) is 0.479. The molecule has 0 N–H and O–H groups in total. The van der Waals surface area contributed by atoms with Gasteiger partial charge in [-0.25, -0.2) is 12.8 Å². The molecular formula is C15H16BrFN2O3S. The Balaban J connectivity index is 1.67. The molecule has 0 radical (unpaired) electrons. The van der Waals surface area contributed by atoms with Crippen molar-refractivity contribution in [3.63, 3.8) is 0 Å². The number of halogens is 2. The maximum absolute atomic E-state index is 13.7. The van der Waals surface area contributed by atoms with Crippen LogP contribution in [0.5, 0.6) is 0 Å². The van der Waals surface area contributed by atoms with E-state index in [9.17, 15) is 12.8 Å². The number of benzene rings is 1. The number of hydrogen-bond donors (Lipinski definition) is 0. The van der Waals surface area contributed by atoms with E-state index < -0.39 is 9.84 Å². The Hall–Kier alpha value is -1.28. The fourth-order valence-corrected chi connectivity index (χ4v) is 5.00. The van der Waals surface area contributed by atoms with E-state index in [0.29, 0.717) is 30.1 Å². The molecular weight excluding hydrogens is 387 g/mol. The molecule has 2 aromatic rings. The van der Waals surface area contributed by atoms with Gasteiger partial charge in [-0.2, -0.15) is 4.98 Å². The third-order valence-electron chi connectivity index (χ3n) is 3.89. The van der Waals surface area contributed by atoms with E-state index in [1.165, 1.54) is 6.07 Å². The van der Waals surface area contributed by atoms with Crippen molar-refractivity contribution >= 4 is 25.8 Å². The number of aromatic nitrogens is 2. The molecule has 0 aliphatic carbocycles. The van der Waals surface area contributed by atoms with Crippen molar-refractivity contribution < 1.29 is 17.3 Å². The molecule has 1 atom stereocenters. The molecule has 1 unspecified atom stereocenters. The van der Waals surface area contributed by atoms with Gasteiger partial charge in [0.1, 0.15) is 5.82 Å². The van der Waals surface area contributed by atoms with Gasteiger partial charge >= 0.3 is 0 Å². The van der Waals surface area contributed by atoms with Crippen LogP contribution in [0.4, 0.5) is 4.39 Å². The number of nitrogens with zero attached hydrogens (tertiary/aromatic N) is 2. The Morgan fingerprint density at radius 1 is 1.39 bits per heavy atom. The number of sulfone groups is 1. The fourth-order valence-electron chi connectivity index (χ4n) is 2.82. The average molecular weight is 403 g/mol. The molecule has 0 amide bonds. The lowest BCUT2D eigenvalue weighted by Crippen LogP contribution is -2.26. The van der Waals surface area contributed by atoms with Gasteiger partial charge in [0, 0.05) is 17.3 Å². The molecule has 0 saturated carbocycles. The van der Waals surface area contributed by atoms with Gasteiger partial charge in [0.25, 0.3) is 0 Å². The first kappa shape index (κ1) is 16.6. The Kier molecular flexibility index (Phi) is 4.82. The van der Waals surface area contributed by atoms with Crippen molar-refractivity contribution in [2.75, 3.05) is 11.5 Å². The standard InChI is InChI=1S/C15H16BrFN2O3S/c16-12-3-4-13(17)11(7-12)8-14-18-15(22-19-14)6-10-2-1-5-23(20,21)9-10/h3-4,7,10H,1-2,5-6,8-9H2. The molecule has 3 rings (SSSR count). The maximum Gasteiger partial charge on any atom is 0.226 e.